The molecule has 1 atom stereocenters. The fraction of sp³-hybridized carbons (Fsp3) is 0.263. The normalized spacial score (nSPS) is 11.9. The quantitative estimate of drug-likeness (QED) is 0.401. The van der Waals surface area contributed by atoms with Crippen LogP contribution in [0.25, 0.3) is 0 Å². The molecule has 2 aromatic rings. The Kier molecular flexibility index (Phi) is 8.45. The van der Waals surface area contributed by atoms with Crippen LogP contribution in [-0.2, 0) is 6.54 Å². The van der Waals surface area contributed by atoms with Crippen molar-refractivity contribution < 1.29 is 8.78 Å². The Morgan fingerprint density at radius 1 is 1.19 bits per heavy atom. The SMILES string of the molecule is CN=C(NCc1ccc(C#N)cc1F)NC(C)c1ccc(C)c(F)c1.I. The maximum absolute atomic E-state index is 13.9. The van der Waals surface area contributed by atoms with E-state index in [9.17, 15) is 8.78 Å². The molecule has 138 valence electrons. The van der Waals surface area contributed by atoms with Crippen molar-refractivity contribution in [3.63, 3.8) is 0 Å². The van der Waals surface area contributed by atoms with Gasteiger partial charge in [0.15, 0.2) is 5.96 Å². The molecule has 0 heterocycles. The maximum Gasteiger partial charge on any atom is 0.191 e. The number of nitrogens with one attached hydrogen (secondary N) is 2. The van der Waals surface area contributed by atoms with E-state index in [4.69, 9.17) is 5.26 Å². The van der Waals surface area contributed by atoms with Crippen LogP contribution in [0.2, 0.25) is 0 Å². The van der Waals surface area contributed by atoms with Gasteiger partial charge in [0.25, 0.3) is 0 Å². The van der Waals surface area contributed by atoms with Crippen LogP contribution in [0.5, 0.6) is 0 Å². The molecule has 0 aromatic heterocycles. The van der Waals surface area contributed by atoms with E-state index in [1.54, 1.807) is 32.2 Å². The molecule has 0 aliphatic heterocycles. The summed E-state index contributed by atoms with van der Waals surface area (Å²) in [4.78, 5) is 4.10. The monoisotopic (exact) mass is 470 g/mol. The Morgan fingerprint density at radius 2 is 1.92 bits per heavy atom. The number of guanidine groups is 1. The Hall–Kier alpha value is -2.21. The predicted molar refractivity (Wildman–Crippen MR) is 109 cm³/mol. The highest BCUT2D eigenvalue weighted by molar-refractivity contribution is 14.0. The molecule has 2 aromatic carbocycles. The average molecular weight is 470 g/mol. The first-order chi connectivity index (χ1) is 11.9. The topological polar surface area (TPSA) is 60.2 Å². The molecule has 0 bridgehead atoms. The fourth-order valence-corrected chi connectivity index (χ4v) is 2.30. The summed E-state index contributed by atoms with van der Waals surface area (Å²) in [5.74, 6) is -0.235. The molecule has 0 amide bonds. The average Bonchev–Trinajstić information content (AvgIpc) is 2.61. The van der Waals surface area contributed by atoms with Gasteiger partial charge in [-0.1, -0.05) is 18.2 Å². The summed E-state index contributed by atoms with van der Waals surface area (Å²) in [7, 11) is 1.60. The number of halogens is 3. The number of nitrogens with zero attached hydrogens (tertiary/aromatic N) is 2. The Bertz CT molecular complexity index is 831. The second-order valence-electron chi connectivity index (χ2n) is 5.72. The Morgan fingerprint density at radius 3 is 2.50 bits per heavy atom. The summed E-state index contributed by atoms with van der Waals surface area (Å²) in [6, 6.07) is 11.1. The lowest BCUT2D eigenvalue weighted by Gasteiger charge is -2.19. The molecule has 4 nitrogen and oxygen atoms in total. The molecular weight excluding hydrogens is 449 g/mol. The van der Waals surface area contributed by atoms with Gasteiger partial charge >= 0.3 is 0 Å². The molecule has 0 spiro atoms. The molecule has 0 saturated carbocycles. The summed E-state index contributed by atoms with van der Waals surface area (Å²) >= 11 is 0. The number of hydrogen-bond acceptors (Lipinski definition) is 2. The number of aliphatic imine (C=N–C) groups is 1. The molecular formula is C19H21F2IN4. The van der Waals surface area contributed by atoms with Gasteiger partial charge in [-0.05, 0) is 43.2 Å². The van der Waals surface area contributed by atoms with E-state index < -0.39 is 5.82 Å². The number of benzene rings is 2. The zero-order valence-electron chi connectivity index (χ0n) is 14.8. The van der Waals surface area contributed by atoms with Crippen molar-refractivity contribution in [3.8, 4) is 6.07 Å². The first-order valence-electron chi connectivity index (χ1n) is 7.86. The third-order valence-corrected chi connectivity index (χ3v) is 3.90. The summed E-state index contributed by atoms with van der Waals surface area (Å²) in [6.45, 7) is 3.81. The van der Waals surface area contributed by atoms with E-state index in [1.165, 1.54) is 12.1 Å². The van der Waals surface area contributed by atoms with Crippen molar-refractivity contribution in [2.45, 2.75) is 26.4 Å². The lowest BCUT2D eigenvalue weighted by molar-refractivity contribution is 0.599. The van der Waals surface area contributed by atoms with Crippen molar-refractivity contribution in [3.05, 3.63) is 70.3 Å². The van der Waals surface area contributed by atoms with Gasteiger partial charge in [-0.15, -0.1) is 24.0 Å². The smallest absolute Gasteiger partial charge is 0.191 e. The van der Waals surface area contributed by atoms with Gasteiger partial charge in [-0.2, -0.15) is 5.26 Å². The molecule has 0 aliphatic carbocycles. The highest BCUT2D eigenvalue weighted by atomic mass is 127. The lowest BCUT2D eigenvalue weighted by Crippen LogP contribution is -2.38. The number of hydrogen-bond donors (Lipinski definition) is 2. The standard InChI is InChI=1S/C19H20F2N4.HI/c1-12-4-6-15(9-17(12)20)13(2)25-19(23-3)24-11-16-7-5-14(10-22)8-18(16)21;/h4-9,13H,11H2,1-3H3,(H2,23,24,25);1H. The van der Waals surface area contributed by atoms with Crippen LogP contribution in [0.4, 0.5) is 8.78 Å². The fourth-order valence-electron chi connectivity index (χ4n) is 2.30. The van der Waals surface area contributed by atoms with E-state index in [0.717, 1.165) is 5.56 Å². The summed E-state index contributed by atoms with van der Waals surface area (Å²) in [6.07, 6.45) is 0. The number of nitriles is 1. The van der Waals surface area contributed by atoms with Crippen molar-refractivity contribution >= 4 is 29.9 Å². The highest BCUT2D eigenvalue weighted by Gasteiger charge is 2.10. The minimum absolute atomic E-state index is 0. The van der Waals surface area contributed by atoms with Gasteiger partial charge in [0, 0.05) is 19.2 Å². The predicted octanol–water partition coefficient (Wildman–Crippen LogP) is 4.19. The van der Waals surface area contributed by atoms with Gasteiger partial charge in [0.05, 0.1) is 17.7 Å². The zero-order valence-corrected chi connectivity index (χ0v) is 17.1. The van der Waals surface area contributed by atoms with E-state index >= 15 is 0 Å². The highest BCUT2D eigenvalue weighted by Crippen LogP contribution is 2.16. The molecule has 2 rings (SSSR count). The van der Waals surface area contributed by atoms with Crippen LogP contribution < -0.4 is 10.6 Å². The Labute approximate surface area is 169 Å². The van der Waals surface area contributed by atoms with Crippen LogP contribution in [0, 0.1) is 29.9 Å². The summed E-state index contributed by atoms with van der Waals surface area (Å²) in [5, 5.41) is 14.9. The third-order valence-electron chi connectivity index (χ3n) is 3.90. The van der Waals surface area contributed by atoms with Crippen molar-refractivity contribution in [2.24, 2.45) is 4.99 Å². The molecule has 2 N–H and O–H groups in total. The van der Waals surface area contributed by atoms with E-state index in [-0.39, 0.29) is 47.9 Å². The second-order valence-corrected chi connectivity index (χ2v) is 5.72. The van der Waals surface area contributed by atoms with Gasteiger partial charge in [0.2, 0.25) is 0 Å². The molecule has 26 heavy (non-hydrogen) atoms. The first-order valence-corrected chi connectivity index (χ1v) is 7.86. The van der Waals surface area contributed by atoms with Gasteiger partial charge < -0.3 is 10.6 Å². The van der Waals surface area contributed by atoms with Crippen LogP contribution in [-0.4, -0.2) is 13.0 Å². The first kappa shape index (κ1) is 21.8. The van der Waals surface area contributed by atoms with Crippen molar-refractivity contribution in [1.82, 2.24) is 10.6 Å². The van der Waals surface area contributed by atoms with Crippen LogP contribution >= 0.6 is 24.0 Å². The van der Waals surface area contributed by atoms with Gasteiger partial charge in [-0.3, -0.25) is 4.99 Å². The molecule has 0 aliphatic rings. The van der Waals surface area contributed by atoms with E-state index in [2.05, 4.69) is 15.6 Å². The third kappa shape index (κ3) is 5.66. The number of rotatable bonds is 4. The molecule has 0 radical (unpaired) electrons. The minimum Gasteiger partial charge on any atom is -0.352 e. The van der Waals surface area contributed by atoms with Gasteiger partial charge in [-0.25, -0.2) is 8.78 Å². The molecule has 1 unspecified atom stereocenters. The maximum atomic E-state index is 13.9. The Balaban J connectivity index is 0.00000338. The second kappa shape index (κ2) is 10.1. The summed E-state index contributed by atoms with van der Waals surface area (Å²) in [5.41, 5.74) is 2.08. The summed E-state index contributed by atoms with van der Waals surface area (Å²) < 4.78 is 27.6. The molecule has 7 heteroatoms. The van der Waals surface area contributed by atoms with Crippen LogP contribution in [0.15, 0.2) is 41.4 Å². The zero-order chi connectivity index (χ0) is 18.4. The van der Waals surface area contributed by atoms with Gasteiger partial charge in [0.1, 0.15) is 11.6 Å². The van der Waals surface area contributed by atoms with E-state index in [0.29, 0.717) is 17.1 Å². The van der Waals surface area contributed by atoms with E-state index in [1.807, 2.05) is 19.1 Å². The number of aryl methyl sites for hydroxylation is 1. The van der Waals surface area contributed by atoms with Crippen LogP contribution in [0.1, 0.15) is 35.2 Å². The van der Waals surface area contributed by atoms with Crippen molar-refractivity contribution in [2.75, 3.05) is 7.05 Å². The molecule has 0 fully saturated rings. The van der Waals surface area contributed by atoms with Crippen molar-refractivity contribution in [1.29, 1.82) is 5.26 Å². The minimum atomic E-state index is -0.448. The largest absolute Gasteiger partial charge is 0.352 e. The lowest BCUT2D eigenvalue weighted by atomic mass is 10.1. The van der Waals surface area contributed by atoms with Crippen LogP contribution in [0.3, 0.4) is 0 Å². The molecule has 0 saturated heterocycles.